The molecule has 2 heterocycles. The van der Waals surface area contributed by atoms with Gasteiger partial charge in [-0.05, 0) is 65.9 Å². The fraction of sp³-hybridized carbons (Fsp3) is 0.286. The first kappa shape index (κ1) is 25.8. The van der Waals surface area contributed by atoms with Crippen molar-refractivity contribution in [2.75, 3.05) is 30.8 Å². The summed E-state index contributed by atoms with van der Waals surface area (Å²) in [6.45, 7) is 1.40. The van der Waals surface area contributed by atoms with Crippen LogP contribution in [0, 0.1) is 16.0 Å². The summed E-state index contributed by atoms with van der Waals surface area (Å²) in [6.07, 6.45) is 1.39. The maximum absolute atomic E-state index is 12.9. The summed E-state index contributed by atoms with van der Waals surface area (Å²) < 4.78 is 5.20. The number of piperidine rings is 1. The Kier molecular flexibility index (Phi) is 6.97. The number of carbonyl (C=O) groups excluding carboxylic acids is 2. The van der Waals surface area contributed by atoms with Crippen molar-refractivity contribution >= 4 is 34.6 Å². The standard InChI is InChI=1S/C28H29N5O6/c1-39-26-14-18(3-5-24(26)33(37)38)19-12-22-20(25(34)13-19)15-30-21-4-2-16(10-23(21)31-22)11-27(35)32-8-6-17(7-9-32)28(29)36/h2-5,10,12-14,17,30-31,34H,6-9,11,15H2,1H3,(H2,29,36). The number of phenols is 1. The topological polar surface area (TPSA) is 160 Å². The predicted octanol–water partition coefficient (Wildman–Crippen LogP) is 3.91. The van der Waals surface area contributed by atoms with E-state index in [1.807, 2.05) is 24.3 Å². The Bertz CT molecular complexity index is 1470. The van der Waals surface area contributed by atoms with Crippen LogP contribution in [-0.2, 0) is 22.6 Å². The molecule has 39 heavy (non-hydrogen) atoms. The molecular formula is C28H29N5O6. The molecule has 0 spiro atoms. The quantitative estimate of drug-likeness (QED) is 0.275. The van der Waals surface area contributed by atoms with Crippen LogP contribution in [0.25, 0.3) is 11.1 Å². The number of nitro benzene ring substituents is 1. The number of nitro groups is 1. The lowest BCUT2D eigenvalue weighted by Gasteiger charge is -2.30. The van der Waals surface area contributed by atoms with Crippen molar-refractivity contribution in [1.29, 1.82) is 0 Å². The van der Waals surface area contributed by atoms with Crippen molar-refractivity contribution in [3.63, 3.8) is 0 Å². The number of nitrogens with zero attached hydrogens (tertiary/aromatic N) is 2. The maximum Gasteiger partial charge on any atom is 0.310 e. The summed E-state index contributed by atoms with van der Waals surface area (Å²) in [4.78, 5) is 36.9. The Balaban J connectivity index is 1.38. The molecule has 2 amide bonds. The SMILES string of the molecule is COc1cc(-c2cc(O)c3c(c2)Nc2cc(CC(=O)N4CCC(C(N)=O)CC4)ccc2NC3)ccc1[N+](=O)[O-]. The lowest BCUT2D eigenvalue weighted by atomic mass is 9.96. The minimum absolute atomic E-state index is 0.00750. The highest BCUT2D eigenvalue weighted by molar-refractivity contribution is 5.85. The van der Waals surface area contributed by atoms with Gasteiger partial charge in [0.05, 0.1) is 29.8 Å². The first-order chi connectivity index (χ1) is 18.7. The summed E-state index contributed by atoms with van der Waals surface area (Å²) in [6, 6.07) is 13.7. The lowest BCUT2D eigenvalue weighted by molar-refractivity contribution is -0.385. The highest BCUT2D eigenvalue weighted by Gasteiger charge is 2.26. The molecule has 2 aliphatic rings. The van der Waals surface area contributed by atoms with E-state index in [1.54, 1.807) is 23.1 Å². The number of rotatable bonds is 6. The molecule has 3 aromatic carbocycles. The van der Waals surface area contributed by atoms with E-state index in [-0.39, 0.29) is 41.3 Å². The van der Waals surface area contributed by atoms with E-state index in [9.17, 15) is 24.8 Å². The van der Waals surface area contributed by atoms with Gasteiger partial charge in [-0.1, -0.05) is 6.07 Å². The number of benzene rings is 3. The molecule has 0 aromatic heterocycles. The smallest absolute Gasteiger partial charge is 0.310 e. The van der Waals surface area contributed by atoms with Crippen LogP contribution < -0.4 is 21.1 Å². The maximum atomic E-state index is 12.9. The molecule has 202 valence electrons. The number of likely N-dealkylation sites (tertiary alicyclic amines) is 1. The van der Waals surface area contributed by atoms with Crippen LogP contribution in [0.4, 0.5) is 22.7 Å². The Labute approximate surface area is 224 Å². The Morgan fingerprint density at radius 2 is 1.85 bits per heavy atom. The van der Waals surface area contributed by atoms with Gasteiger partial charge in [0.2, 0.25) is 11.8 Å². The van der Waals surface area contributed by atoms with Gasteiger partial charge in [0.25, 0.3) is 0 Å². The third-order valence-electron chi connectivity index (χ3n) is 7.35. The van der Waals surface area contributed by atoms with Gasteiger partial charge in [0.1, 0.15) is 5.75 Å². The van der Waals surface area contributed by atoms with Crippen LogP contribution in [0.1, 0.15) is 24.0 Å². The molecule has 11 nitrogen and oxygen atoms in total. The van der Waals surface area contributed by atoms with Gasteiger partial charge in [-0.3, -0.25) is 19.7 Å². The molecule has 1 fully saturated rings. The van der Waals surface area contributed by atoms with Crippen molar-refractivity contribution in [3.8, 4) is 22.6 Å². The van der Waals surface area contributed by atoms with E-state index in [0.29, 0.717) is 54.9 Å². The van der Waals surface area contributed by atoms with E-state index >= 15 is 0 Å². The summed E-state index contributed by atoms with van der Waals surface area (Å²) in [5.41, 5.74) is 10.3. The molecule has 0 bridgehead atoms. The van der Waals surface area contributed by atoms with Crippen molar-refractivity contribution in [1.82, 2.24) is 4.90 Å². The molecule has 11 heteroatoms. The van der Waals surface area contributed by atoms with Gasteiger partial charge in [-0.2, -0.15) is 0 Å². The molecule has 0 radical (unpaired) electrons. The number of aromatic hydroxyl groups is 1. The third-order valence-corrected chi connectivity index (χ3v) is 7.35. The summed E-state index contributed by atoms with van der Waals surface area (Å²) in [5, 5.41) is 28.8. The second kappa shape index (κ2) is 10.5. The first-order valence-electron chi connectivity index (χ1n) is 12.6. The van der Waals surface area contributed by atoms with Crippen LogP contribution in [0.2, 0.25) is 0 Å². The molecule has 5 rings (SSSR count). The van der Waals surface area contributed by atoms with Crippen LogP contribution in [0.15, 0.2) is 48.5 Å². The first-order valence-corrected chi connectivity index (χ1v) is 12.6. The molecule has 1 saturated heterocycles. The molecule has 3 aromatic rings. The molecule has 2 aliphatic heterocycles. The Hall–Kier alpha value is -4.80. The van der Waals surface area contributed by atoms with Crippen molar-refractivity contribution in [3.05, 3.63) is 69.8 Å². The minimum Gasteiger partial charge on any atom is -0.507 e. The number of nitrogens with two attached hydrogens (primary N) is 1. The van der Waals surface area contributed by atoms with Crippen LogP contribution in [0.3, 0.4) is 0 Å². The van der Waals surface area contributed by atoms with Crippen LogP contribution >= 0.6 is 0 Å². The second-order valence-electron chi connectivity index (χ2n) is 9.76. The number of ether oxygens (including phenoxy) is 1. The average molecular weight is 532 g/mol. The molecular weight excluding hydrogens is 502 g/mol. The number of hydrogen-bond donors (Lipinski definition) is 4. The number of anilines is 3. The fourth-order valence-electron chi connectivity index (χ4n) is 5.12. The highest BCUT2D eigenvalue weighted by Crippen LogP contribution is 2.41. The molecule has 0 unspecified atom stereocenters. The molecule has 0 atom stereocenters. The lowest BCUT2D eigenvalue weighted by Crippen LogP contribution is -2.42. The number of fused-ring (bicyclic) bond motifs is 2. The van der Waals surface area contributed by atoms with E-state index in [4.69, 9.17) is 10.5 Å². The number of nitrogens with one attached hydrogen (secondary N) is 2. The normalized spacial score (nSPS) is 14.7. The minimum atomic E-state index is -0.507. The number of primary amides is 1. The third kappa shape index (κ3) is 5.28. The molecule has 0 saturated carbocycles. The fourth-order valence-corrected chi connectivity index (χ4v) is 5.12. The van der Waals surface area contributed by atoms with Crippen molar-refractivity contribution in [2.24, 2.45) is 11.7 Å². The number of phenolic OH excluding ortho intramolecular Hbond substituents is 1. The highest BCUT2D eigenvalue weighted by atomic mass is 16.6. The van der Waals surface area contributed by atoms with Gasteiger partial charge < -0.3 is 31.1 Å². The summed E-state index contributed by atoms with van der Waals surface area (Å²) >= 11 is 0. The van der Waals surface area contributed by atoms with Crippen LogP contribution in [0.5, 0.6) is 11.5 Å². The number of methoxy groups -OCH3 is 1. The average Bonchev–Trinajstić information content (AvgIpc) is 3.11. The van der Waals surface area contributed by atoms with Gasteiger partial charge in [-0.25, -0.2) is 0 Å². The Morgan fingerprint density at radius 1 is 1.08 bits per heavy atom. The van der Waals surface area contributed by atoms with E-state index in [0.717, 1.165) is 16.9 Å². The number of amides is 2. The zero-order chi connectivity index (χ0) is 27.7. The predicted molar refractivity (Wildman–Crippen MR) is 146 cm³/mol. The van der Waals surface area contributed by atoms with E-state index in [1.165, 1.54) is 13.2 Å². The van der Waals surface area contributed by atoms with Gasteiger partial charge >= 0.3 is 5.69 Å². The second-order valence-corrected chi connectivity index (χ2v) is 9.76. The largest absolute Gasteiger partial charge is 0.507 e. The number of carbonyl (C=O) groups is 2. The Morgan fingerprint density at radius 3 is 2.54 bits per heavy atom. The summed E-state index contributed by atoms with van der Waals surface area (Å²) in [7, 11) is 1.37. The van der Waals surface area contributed by atoms with E-state index < -0.39 is 4.92 Å². The number of hydrogen-bond acceptors (Lipinski definition) is 8. The molecule has 0 aliphatic carbocycles. The molecule has 5 N–H and O–H groups in total. The van der Waals surface area contributed by atoms with Gasteiger partial charge in [-0.15, -0.1) is 0 Å². The monoisotopic (exact) mass is 531 g/mol. The van der Waals surface area contributed by atoms with Crippen LogP contribution in [-0.4, -0.2) is 46.9 Å². The van der Waals surface area contributed by atoms with Crippen molar-refractivity contribution < 1.29 is 24.4 Å². The van der Waals surface area contributed by atoms with Crippen molar-refractivity contribution in [2.45, 2.75) is 25.8 Å². The zero-order valence-electron chi connectivity index (χ0n) is 21.4. The van der Waals surface area contributed by atoms with Gasteiger partial charge in [0.15, 0.2) is 5.75 Å². The zero-order valence-corrected chi connectivity index (χ0v) is 21.4. The van der Waals surface area contributed by atoms with E-state index in [2.05, 4.69) is 10.6 Å². The summed E-state index contributed by atoms with van der Waals surface area (Å²) in [5.74, 6) is -0.298. The van der Waals surface area contributed by atoms with Gasteiger partial charge in [0, 0.05) is 42.9 Å².